The molecule has 0 fully saturated rings. The lowest BCUT2D eigenvalue weighted by atomic mass is 9.99. The van der Waals surface area contributed by atoms with Crippen LogP contribution in [0.3, 0.4) is 0 Å². The number of carbonyl (C=O) groups is 3. The molecule has 380 valence electrons. The Morgan fingerprint density at radius 3 is 0.844 bits per heavy atom. The number of unbranched alkanes of at least 4 members (excludes halogenated alkanes) is 27. The first kappa shape index (κ1) is 62.2. The first-order valence-corrected chi connectivity index (χ1v) is 27.4. The van der Waals surface area contributed by atoms with E-state index in [0.717, 1.165) is 135 Å². The Balaban J connectivity index is 4.70. The quantitative estimate of drug-likeness (QED) is 0.0292. The fraction of sp³-hybridized carbons (Fsp3) is 0.944. The van der Waals surface area contributed by atoms with Crippen LogP contribution >= 0.6 is 0 Å². The van der Waals surface area contributed by atoms with Crippen LogP contribution in [0.5, 0.6) is 0 Å². The highest BCUT2D eigenvalue weighted by molar-refractivity contribution is 5.70. The number of carboxylic acid groups (broad SMARTS) is 1. The zero-order chi connectivity index (χ0) is 47.3. The number of carbonyl (C=O) groups excluding carboxylic acids is 2. The van der Waals surface area contributed by atoms with Gasteiger partial charge in [-0.25, -0.2) is 0 Å². The van der Waals surface area contributed by atoms with E-state index in [0.29, 0.717) is 64.2 Å². The molecule has 64 heavy (non-hydrogen) atoms. The van der Waals surface area contributed by atoms with E-state index >= 15 is 0 Å². The molecule has 0 saturated carbocycles. The minimum Gasteiger partial charge on any atom is -0.481 e. The summed E-state index contributed by atoms with van der Waals surface area (Å²) in [5.41, 5.74) is 0. The predicted octanol–water partition coefficient (Wildman–Crippen LogP) is 13.8. The molecule has 0 bridgehead atoms. The number of rotatable bonds is 50. The van der Waals surface area contributed by atoms with Gasteiger partial charge in [-0.15, -0.1) is 0 Å². The van der Waals surface area contributed by atoms with E-state index < -0.39 is 42.6 Å². The van der Waals surface area contributed by atoms with Crippen LogP contribution in [0.15, 0.2) is 0 Å². The van der Waals surface area contributed by atoms with Gasteiger partial charge >= 0.3 is 17.9 Å². The van der Waals surface area contributed by atoms with Gasteiger partial charge in [0, 0.05) is 19.3 Å². The van der Waals surface area contributed by atoms with E-state index in [1.54, 1.807) is 0 Å². The Morgan fingerprint density at radius 2 is 0.547 bits per heavy atom. The molecule has 5 N–H and O–H groups in total. The summed E-state index contributed by atoms with van der Waals surface area (Å²) in [6.45, 7) is 6.61. The molecule has 0 rings (SSSR count). The molecule has 0 aromatic rings. The standard InChI is InChI=1S/C54H104O10/c1-4-7-10-13-19-28-37-46(55)47(56)38-29-22-16-26-35-44-53(61)64-51(49(58)40-31-21-15-12-9-6-3)42-33-24-18-27-36-45-54(62)63-50(41-32-23-17-25-34-43-52(59)60)48(57)39-30-20-14-11-8-5-2/h46-51,55-58H,4-45H2,1-3H3,(H,59,60). The van der Waals surface area contributed by atoms with E-state index in [9.17, 15) is 34.8 Å². The third-order valence-electron chi connectivity index (χ3n) is 13.1. The van der Waals surface area contributed by atoms with Crippen LogP contribution in [0, 0.1) is 0 Å². The summed E-state index contributed by atoms with van der Waals surface area (Å²) in [5, 5.41) is 51.7. The number of hydrogen-bond donors (Lipinski definition) is 5. The summed E-state index contributed by atoms with van der Waals surface area (Å²) in [5.74, 6) is -1.27. The molecule has 0 aromatic carbocycles. The first-order valence-electron chi connectivity index (χ1n) is 27.4. The maximum atomic E-state index is 12.9. The van der Waals surface area contributed by atoms with E-state index in [4.69, 9.17) is 14.6 Å². The van der Waals surface area contributed by atoms with Gasteiger partial charge in [-0.1, -0.05) is 201 Å². The minimum absolute atomic E-state index is 0.194. The monoisotopic (exact) mass is 913 g/mol. The van der Waals surface area contributed by atoms with Crippen LogP contribution in [0.2, 0.25) is 0 Å². The Bertz CT molecular complexity index is 1040. The van der Waals surface area contributed by atoms with Gasteiger partial charge in [0.25, 0.3) is 0 Å². The Kier molecular flexibility index (Phi) is 45.1. The van der Waals surface area contributed by atoms with Crippen molar-refractivity contribution in [2.45, 2.75) is 327 Å². The van der Waals surface area contributed by atoms with Crippen LogP contribution in [0.25, 0.3) is 0 Å². The summed E-state index contributed by atoms with van der Waals surface area (Å²) in [6.07, 6.45) is 34.5. The zero-order valence-electron chi connectivity index (χ0n) is 41.9. The van der Waals surface area contributed by atoms with Crippen molar-refractivity contribution in [2.75, 3.05) is 0 Å². The fourth-order valence-electron chi connectivity index (χ4n) is 8.72. The number of esters is 2. The second-order valence-corrected chi connectivity index (χ2v) is 19.3. The van der Waals surface area contributed by atoms with Crippen LogP contribution < -0.4 is 0 Å². The summed E-state index contributed by atoms with van der Waals surface area (Å²) >= 11 is 0. The number of aliphatic hydroxyl groups is 4. The molecule has 0 aromatic heterocycles. The number of aliphatic hydroxyl groups excluding tert-OH is 4. The average Bonchev–Trinajstić information content (AvgIpc) is 3.27. The SMILES string of the molecule is CCCCCCCCC(O)C(O)CCCCCCCC(=O)OC(CCCCCCCC(=O)OC(CCCCCCCC(=O)O)C(O)CCCCCCCC)C(O)CCCCCCCC. The molecule has 10 nitrogen and oxygen atoms in total. The normalized spacial score (nSPS) is 14.5. The molecular formula is C54H104O10. The molecule has 0 amide bonds. The lowest BCUT2D eigenvalue weighted by molar-refractivity contribution is -0.156. The third-order valence-corrected chi connectivity index (χ3v) is 13.1. The molecule has 0 saturated heterocycles. The molecule has 6 atom stereocenters. The van der Waals surface area contributed by atoms with E-state index in [1.807, 2.05) is 0 Å². The third kappa shape index (κ3) is 40.5. The van der Waals surface area contributed by atoms with Crippen molar-refractivity contribution in [2.24, 2.45) is 0 Å². The van der Waals surface area contributed by atoms with Crippen molar-refractivity contribution in [1.82, 2.24) is 0 Å². The second-order valence-electron chi connectivity index (χ2n) is 19.3. The first-order chi connectivity index (χ1) is 31.0. The van der Waals surface area contributed by atoms with Gasteiger partial charge in [-0.05, 0) is 70.6 Å². The van der Waals surface area contributed by atoms with Crippen LogP contribution in [-0.2, 0) is 23.9 Å². The Labute approximate surface area is 393 Å². The van der Waals surface area contributed by atoms with Gasteiger partial charge < -0.3 is 35.0 Å². The smallest absolute Gasteiger partial charge is 0.306 e. The van der Waals surface area contributed by atoms with E-state index in [2.05, 4.69) is 20.8 Å². The molecule has 0 heterocycles. The van der Waals surface area contributed by atoms with Crippen molar-refractivity contribution in [3.8, 4) is 0 Å². The van der Waals surface area contributed by atoms with Crippen LogP contribution in [0.4, 0.5) is 0 Å². The minimum atomic E-state index is -0.763. The maximum Gasteiger partial charge on any atom is 0.306 e. The molecule has 10 heteroatoms. The van der Waals surface area contributed by atoms with Gasteiger partial charge in [0.15, 0.2) is 0 Å². The van der Waals surface area contributed by atoms with Gasteiger partial charge in [-0.3, -0.25) is 14.4 Å². The molecule has 0 aliphatic carbocycles. The molecule has 0 aliphatic rings. The highest BCUT2D eigenvalue weighted by atomic mass is 16.6. The number of aliphatic carboxylic acids is 1. The van der Waals surface area contributed by atoms with Gasteiger partial charge in [0.1, 0.15) is 12.2 Å². The van der Waals surface area contributed by atoms with Crippen molar-refractivity contribution in [3.63, 3.8) is 0 Å². The summed E-state index contributed by atoms with van der Waals surface area (Å²) in [7, 11) is 0. The molecule has 0 aliphatic heterocycles. The summed E-state index contributed by atoms with van der Waals surface area (Å²) < 4.78 is 11.8. The molecule has 0 spiro atoms. The summed E-state index contributed by atoms with van der Waals surface area (Å²) in [6, 6.07) is 0. The number of ether oxygens (including phenoxy) is 2. The largest absolute Gasteiger partial charge is 0.481 e. The van der Waals surface area contributed by atoms with Gasteiger partial charge in [-0.2, -0.15) is 0 Å². The number of hydrogen-bond acceptors (Lipinski definition) is 9. The van der Waals surface area contributed by atoms with Gasteiger partial charge in [0.2, 0.25) is 0 Å². The van der Waals surface area contributed by atoms with Crippen LogP contribution in [-0.4, -0.2) is 80.1 Å². The topological polar surface area (TPSA) is 171 Å². The predicted molar refractivity (Wildman–Crippen MR) is 262 cm³/mol. The van der Waals surface area contributed by atoms with E-state index in [1.165, 1.54) is 64.2 Å². The van der Waals surface area contributed by atoms with Crippen molar-refractivity contribution < 1.29 is 49.4 Å². The van der Waals surface area contributed by atoms with Crippen molar-refractivity contribution in [1.29, 1.82) is 0 Å². The number of carboxylic acids is 1. The zero-order valence-corrected chi connectivity index (χ0v) is 41.9. The van der Waals surface area contributed by atoms with Crippen molar-refractivity contribution >= 4 is 17.9 Å². The fourth-order valence-corrected chi connectivity index (χ4v) is 8.72. The second kappa shape index (κ2) is 46.4. The van der Waals surface area contributed by atoms with E-state index in [-0.39, 0.29) is 18.4 Å². The molecule has 6 unspecified atom stereocenters. The average molecular weight is 913 g/mol. The lowest BCUT2D eigenvalue weighted by Gasteiger charge is -2.24. The highest BCUT2D eigenvalue weighted by Crippen LogP contribution is 2.22. The van der Waals surface area contributed by atoms with Gasteiger partial charge in [0.05, 0.1) is 24.4 Å². The Morgan fingerprint density at radius 1 is 0.312 bits per heavy atom. The maximum absolute atomic E-state index is 12.9. The lowest BCUT2D eigenvalue weighted by Crippen LogP contribution is -2.31. The summed E-state index contributed by atoms with van der Waals surface area (Å²) in [4.78, 5) is 36.6. The van der Waals surface area contributed by atoms with Crippen LogP contribution in [0.1, 0.15) is 290 Å². The van der Waals surface area contributed by atoms with Crippen molar-refractivity contribution in [3.05, 3.63) is 0 Å². The molecule has 0 radical (unpaired) electrons. The highest BCUT2D eigenvalue weighted by Gasteiger charge is 2.24. The molecular weight excluding hydrogens is 809 g/mol. The Hall–Kier alpha value is -1.75.